The number of pyridine rings is 1. The van der Waals surface area contributed by atoms with Crippen molar-refractivity contribution in [2.75, 3.05) is 11.1 Å². The van der Waals surface area contributed by atoms with Crippen LogP contribution in [0.15, 0.2) is 59.2 Å². The third-order valence-corrected chi connectivity index (χ3v) is 6.15. The van der Waals surface area contributed by atoms with Gasteiger partial charge in [0.15, 0.2) is 5.78 Å². The minimum Gasteiger partial charge on any atom is -0.422 e. The number of rotatable bonds is 8. The van der Waals surface area contributed by atoms with Gasteiger partial charge in [0.05, 0.1) is 11.1 Å². The fraction of sp³-hybridized carbons (Fsp3) is 0.231. The molecule has 2 atom stereocenters. The van der Waals surface area contributed by atoms with Crippen LogP contribution >= 0.6 is 15.9 Å². The molecule has 1 saturated carbocycles. The highest BCUT2D eigenvalue weighted by Crippen LogP contribution is 2.47. The van der Waals surface area contributed by atoms with Crippen LogP contribution in [0.1, 0.15) is 58.4 Å². The van der Waals surface area contributed by atoms with Gasteiger partial charge in [-0.2, -0.15) is 0 Å². The Morgan fingerprint density at radius 1 is 1.19 bits per heavy atom. The number of nitrogens with zero attached hydrogens (tertiary/aromatic N) is 1. The van der Waals surface area contributed by atoms with Crippen LogP contribution in [0.2, 0.25) is 0 Å². The third kappa shape index (κ3) is 5.88. The molecule has 10 heteroatoms. The minimum atomic E-state index is -0.760. The van der Waals surface area contributed by atoms with Gasteiger partial charge in [0, 0.05) is 40.3 Å². The Labute approximate surface area is 215 Å². The lowest BCUT2D eigenvalue weighted by atomic mass is 9.99. The second kappa shape index (κ2) is 10.9. The number of anilines is 2. The van der Waals surface area contributed by atoms with Crippen molar-refractivity contribution in [1.82, 2.24) is 10.3 Å². The van der Waals surface area contributed by atoms with Crippen LogP contribution in [-0.4, -0.2) is 28.8 Å². The van der Waals surface area contributed by atoms with Gasteiger partial charge >= 0.3 is 12.0 Å². The Hall–Kier alpha value is -3.79. The van der Waals surface area contributed by atoms with E-state index < -0.39 is 29.8 Å². The van der Waals surface area contributed by atoms with E-state index in [4.69, 9.17) is 10.5 Å². The zero-order chi connectivity index (χ0) is 25.8. The number of carbonyl (C=O) groups is 3. The summed E-state index contributed by atoms with van der Waals surface area (Å²) in [4.78, 5) is 42.2. The first kappa shape index (κ1) is 25.3. The first-order valence-electron chi connectivity index (χ1n) is 11.4. The number of ether oxygens (including phenoxy) is 1. The number of nitrogens with one attached hydrogen (secondary N) is 2. The van der Waals surface area contributed by atoms with Crippen LogP contribution in [0.25, 0.3) is 0 Å². The van der Waals surface area contributed by atoms with Gasteiger partial charge in [0.1, 0.15) is 17.4 Å². The fourth-order valence-electron chi connectivity index (χ4n) is 3.87. The average molecular weight is 555 g/mol. The molecule has 1 fully saturated rings. The highest BCUT2D eigenvalue weighted by atomic mass is 79.9. The predicted molar refractivity (Wildman–Crippen MR) is 137 cm³/mol. The van der Waals surface area contributed by atoms with E-state index in [1.165, 1.54) is 24.3 Å². The summed E-state index contributed by atoms with van der Waals surface area (Å²) in [5, 5.41) is 5.40. The number of ketones is 1. The quantitative estimate of drug-likeness (QED) is 0.147. The maximum absolute atomic E-state index is 15.1. The SMILES string of the molecule is CCCC(=O)c1ccc(F)c(C2CC2NC(=O)Nc2ccc(Br)cn2)c1OC(=O)c1cccc(N)c1. The predicted octanol–water partition coefficient (Wildman–Crippen LogP) is 5.45. The second-order valence-corrected chi connectivity index (χ2v) is 9.35. The highest BCUT2D eigenvalue weighted by Gasteiger charge is 2.44. The van der Waals surface area contributed by atoms with Crippen molar-refractivity contribution < 1.29 is 23.5 Å². The number of urea groups is 1. The molecule has 1 aromatic heterocycles. The van der Waals surface area contributed by atoms with Crippen molar-refractivity contribution in [3.8, 4) is 5.75 Å². The molecular weight excluding hydrogens is 531 g/mol. The number of benzene rings is 2. The van der Waals surface area contributed by atoms with Crippen molar-refractivity contribution in [1.29, 1.82) is 0 Å². The van der Waals surface area contributed by atoms with E-state index in [2.05, 4.69) is 31.5 Å². The summed E-state index contributed by atoms with van der Waals surface area (Å²) >= 11 is 3.28. The summed E-state index contributed by atoms with van der Waals surface area (Å²) in [5.74, 6) is -1.90. The number of carbonyl (C=O) groups excluding carboxylic acids is 3. The number of halogens is 2. The van der Waals surface area contributed by atoms with Crippen LogP contribution < -0.4 is 21.1 Å². The molecule has 186 valence electrons. The first-order valence-corrected chi connectivity index (χ1v) is 12.2. The van der Waals surface area contributed by atoms with Gasteiger partial charge in [-0.1, -0.05) is 13.0 Å². The van der Waals surface area contributed by atoms with Gasteiger partial charge in [-0.05, 0) is 71.2 Å². The number of Topliss-reactive ketones (excluding diaryl/α,β-unsaturated/α-hetero) is 1. The molecule has 4 rings (SSSR count). The highest BCUT2D eigenvalue weighted by molar-refractivity contribution is 9.10. The van der Waals surface area contributed by atoms with E-state index in [1.54, 1.807) is 30.5 Å². The molecule has 1 aliphatic carbocycles. The van der Waals surface area contributed by atoms with Gasteiger partial charge in [-0.15, -0.1) is 0 Å². The lowest BCUT2D eigenvalue weighted by Gasteiger charge is -2.16. The van der Waals surface area contributed by atoms with E-state index in [9.17, 15) is 14.4 Å². The molecular formula is C26H24BrFN4O4. The van der Waals surface area contributed by atoms with Gasteiger partial charge in [-0.25, -0.2) is 19.0 Å². The van der Waals surface area contributed by atoms with Crippen molar-refractivity contribution >= 4 is 45.2 Å². The molecule has 8 nitrogen and oxygen atoms in total. The second-order valence-electron chi connectivity index (χ2n) is 8.43. The summed E-state index contributed by atoms with van der Waals surface area (Å²) in [6.45, 7) is 1.85. The molecule has 0 spiro atoms. The molecule has 0 radical (unpaired) electrons. The Balaban J connectivity index is 1.58. The molecule has 2 aromatic carbocycles. The number of nitrogen functional groups attached to an aromatic ring is 1. The number of esters is 1. The molecule has 0 bridgehead atoms. The lowest BCUT2D eigenvalue weighted by Crippen LogP contribution is -2.31. The maximum Gasteiger partial charge on any atom is 0.343 e. The lowest BCUT2D eigenvalue weighted by molar-refractivity contribution is 0.0730. The number of nitrogens with two attached hydrogens (primary N) is 1. The first-order chi connectivity index (χ1) is 17.3. The Bertz CT molecular complexity index is 1320. The van der Waals surface area contributed by atoms with Crippen LogP contribution in [0.4, 0.5) is 20.7 Å². The summed E-state index contributed by atoms with van der Waals surface area (Å²) in [6.07, 6.45) is 2.74. The van der Waals surface area contributed by atoms with E-state index in [-0.39, 0.29) is 34.6 Å². The van der Waals surface area contributed by atoms with Crippen molar-refractivity contribution in [3.63, 3.8) is 0 Å². The van der Waals surface area contributed by atoms with Crippen molar-refractivity contribution in [2.45, 2.75) is 38.1 Å². The zero-order valence-corrected chi connectivity index (χ0v) is 21.0. The average Bonchev–Trinajstić information content (AvgIpc) is 3.58. The van der Waals surface area contributed by atoms with Crippen LogP contribution in [0.3, 0.4) is 0 Å². The largest absolute Gasteiger partial charge is 0.422 e. The number of hydrogen-bond donors (Lipinski definition) is 3. The van der Waals surface area contributed by atoms with Crippen LogP contribution in [-0.2, 0) is 0 Å². The molecule has 2 unspecified atom stereocenters. The molecule has 3 aromatic rings. The monoisotopic (exact) mass is 554 g/mol. The molecule has 0 aliphatic heterocycles. The van der Waals surface area contributed by atoms with Crippen molar-refractivity contribution in [3.05, 3.63) is 81.7 Å². The molecule has 36 heavy (non-hydrogen) atoms. The molecule has 0 saturated heterocycles. The Kier molecular flexibility index (Phi) is 7.64. The Morgan fingerprint density at radius 3 is 2.69 bits per heavy atom. The van der Waals surface area contributed by atoms with Gasteiger partial charge in [-0.3, -0.25) is 10.1 Å². The molecule has 4 N–H and O–H groups in total. The third-order valence-electron chi connectivity index (χ3n) is 5.68. The topological polar surface area (TPSA) is 123 Å². The summed E-state index contributed by atoms with van der Waals surface area (Å²) < 4.78 is 21.5. The van der Waals surface area contributed by atoms with E-state index in [0.717, 1.165) is 4.47 Å². The van der Waals surface area contributed by atoms with Gasteiger partial charge < -0.3 is 15.8 Å². The van der Waals surface area contributed by atoms with E-state index >= 15 is 4.39 Å². The smallest absolute Gasteiger partial charge is 0.343 e. The van der Waals surface area contributed by atoms with Gasteiger partial charge in [0.25, 0.3) is 0 Å². The number of aromatic nitrogens is 1. The van der Waals surface area contributed by atoms with Crippen molar-refractivity contribution in [2.24, 2.45) is 0 Å². The van der Waals surface area contributed by atoms with E-state index in [0.29, 0.717) is 24.3 Å². The van der Waals surface area contributed by atoms with Gasteiger partial charge in [0.2, 0.25) is 0 Å². The summed E-state index contributed by atoms with van der Waals surface area (Å²) in [6, 6.07) is 11.1. The Morgan fingerprint density at radius 2 is 2.00 bits per heavy atom. The minimum absolute atomic E-state index is 0.0845. The van der Waals surface area contributed by atoms with Crippen LogP contribution in [0, 0.1) is 5.82 Å². The summed E-state index contributed by atoms with van der Waals surface area (Å²) in [5.41, 5.74) is 6.52. The molecule has 1 heterocycles. The molecule has 2 amide bonds. The number of amides is 2. The molecule has 1 aliphatic rings. The number of hydrogen-bond acceptors (Lipinski definition) is 6. The van der Waals surface area contributed by atoms with Crippen LogP contribution in [0.5, 0.6) is 5.75 Å². The zero-order valence-electron chi connectivity index (χ0n) is 19.4. The van der Waals surface area contributed by atoms with E-state index in [1.807, 2.05) is 6.92 Å². The maximum atomic E-state index is 15.1. The fourth-order valence-corrected chi connectivity index (χ4v) is 4.11. The summed E-state index contributed by atoms with van der Waals surface area (Å²) in [7, 11) is 0. The standard InChI is InChI=1S/C26H24BrFN4O4/c1-2-4-21(33)17-8-9-19(28)23(24(17)36-25(34)14-5-3-6-16(29)11-14)18-12-20(18)31-26(35)32-22-10-7-15(27)13-30-22/h3,5-11,13,18,20H,2,4,12,29H2,1H3,(H2,30,31,32,35). The normalized spacial score (nSPS) is 16.2.